The third kappa shape index (κ3) is 3.98. The van der Waals surface area contributed by atoms with Crippen LogP contribution >= 0.6 is 0 Å². The fraction of sp³-hybridized carbons (Fsp3) is 0.400. The summed E-state index contributed by atoms with van der Waals surface area (Å²) >= 11 is 0. The minimum atomic E-state index is -0.314. The number of pyridine rings is 1. The van der Waals surface area contributed by atoms with E-state index in [1.165, 1.54) is 6.07 Å². The average Bonchev–Trinajstić information content (AvgIpc) is 2.66. The van der Waals surface area contributed by atoms with E-state index in [9.17, 15) is 9.59 Å². The lowest BCUT2D eigenvalue weighted by atomic mass is 10.1. The molecule has 0 radical (unpaired) electrons. The Bertz CT molecular complexity index is 848. The monoisotopic (exact) mass is 371 g/mol. The molecule has 1 aliphatic heterocycles. The molecule has 7 heteroatoms. The number of aromatic nitrogens is 1. The maximum absolute atomic E-state index is 13.2. The summed E-state index contributed by atoms with van der Waals surface area (Å²) in [6.07, 6.45) is 1.98. The number of rotatable bonds is 7. The molecule has 2 heterocycles. The number of carbonyl (C=O) groups is 1. The molecule has 0 saturated heterocycles. The van der Waals surface area contributed by atoms with Gasteiger partial charge in [0.1, 0.15) is 12.8 Å². The molecule has 1 N–H and O–H groups in total. The zero-order valence-electron chi connectivity index (χ0n) is 15.8. The Hall–Kier alpha value is -2.80. The van der Waals surface area contributed by atoms with Gasteiger partial charge in [-0.3, -0.25) is 14.3 Å². The van der Waals surface area contributed by atoms with Crippen LogP contribution in [0, 0.1) is 0 Å². The number of methoxy groups -OCH3 is 1. The predicted octanol–water partition coefficient (Wildman–Crippen LogP) is 2.20. The number of nitrogens with zero attached hydrogens (tertiary/aromatic N) is 2. The van der Waals surface area contributed by atoms with Crippen molar-refractivity contribution in [2.24, 2.45) is 0 Å². The lowest BCUT2D eigenvalue weighted by Gasteiger charge is -2.41. The number of hydrogen-bond donors (Lipinski definition) is 1. The SMILES string of the molecule is COCCC1Nn2ccc(=O)c(OCc3ccccc3)c2C(=O)N1C(C)C. The minimum absolute atomic E-state index is 0.0436. The van der Waals surface area contributed by atoms with E-state index in [1.807, 2.05) is 44.2 Å². The van der Waals surface area contributed by atoms with Crippen molar-refractivity contribution in [2.45, 2.75) is 39.1 Å². The Labute approximate surface area is 158 Å². The molecule has 0 bridgehead atoms. The molecule has 0 saturated carbocycles. The van der Waals surface area contributed by atoms with Crippen molar-refractivity contribution in [1.29, 1.82) is 0 Å². The molecule has 144 valence electrons. The summed E-state index contributed by atoms with van der Waals surface area (Å²) in [7, 11) is 1.63. The molecule has 1 aromatic heterocycles. The highest BCUT2D eigenvalue weighted by molar-refractivity contribution is 5.96. The Morgan fingerprint density at radius 2 is 1.89 bits per heavy atom. The first kappa shape index (κ1) is 19.0. The fourth-order valence-electron chi connectivity index (χ4n) is 3.21. The van der Waals surface area contributed by atoms with Crippen LogP contribution in [0.15, 0.2) is 47.4 Å². The van der Waals surface area contributed by atoms with Gasteiger partial charge in [-0.05, 0) is 19.4 Å². The second kappa shape index (κ2) is 8.26. The van der Waals surface area contributed by atoms with E-state index < -0.39 is 0 Å². The van der Waals surface area contributed by atoms with E-state index in [2.05, 4.69) is 5.43 Å². The highest BCUT2D eigenvalue weighted by Crippen LogP contribution is 2.24. The number of hydrogen-bond acceptors (Lipinski definition) is 5. The summed E-state index contributed by atoms with van der Waals surface area (Å²) in [5, 5.41) is 0. The Kier molecular flexibility index (Phi) is 5.81. The zero-order valence-corrected chi connectivity index (χ0v) is 15.8. The summed E-state index contributed by atoms with van der Waals surface area (Å²) in [6, 6.07) is 10.9. The maximum Gasteiger partial charge on any atom is 0.278 e. The Balaban J connectivity index is 1.94. The second-order valence-electron chi connectivity index (χ2n) is 6.73. The van der Waals surface area contributed by atoms with Crippen molar-refractivity contribution >= 4 is 5.91 Å². The van der Waals surface area contributed by atoms with Gasteiger partial charge in [-0.15, -0.1) is 0 Å². The number of amides is 1. The minimum Gasteiger partial charge on any atom is -0.482 e. The first-order chi connectivity index (χ1) is 13.0. The van der Waals surface area contributed by atoms with Gasteiger partial charge in [0.15, 0.2) is 11.4 Å². The highest BCUT2D eigenvalue weighted by Gasteiger charge is 2.36. The van der Waals surface area contributed by atoms with E-state index in [-0.39, 0.29) is 41.6 Å². The van der Waals surface area contributed by atoms with Crippen LogP contribution in [0.2, 0.25) is 0 Å². The molecule has 3 rings (SSSR count). The van der Waals surface area contributed by atoms with Gasteiger partial charge in [0, 0.05) is 38.4 Å². The van der Waals surface area contributed by atoms with Crippen LogP contribution in [0.1, 0.15) is 36.3 Å². The van der Waals surface area contributed by atoms with Crippen molar-refractivity contribution in [3.05, 3.63) is 64.1 Å². The lowest BCUT2D eigenvalue weighted by molar-refractivity contribution is 0.0506. The van der Waals surface area contributed by atoms with Crippen LogP contribution in [0.4, 0.5) is 0 Å². The van der Waals surface area contributed by atoms with Gasteiger partial charge in [0.2, 0.25) is 5.43 Å². The summed E-state index contributed by atoms with van der Waals surface area (Å²) in [5.74, 6) is -0.166. The van der Waals surface area contributed by atoms with Crippen LogP contribution in [0.5, 0.6) is 5.75 Å². The summed E-state index contributed by atoms with van der Waals surface area (Å²) in [4.78, 5) is 27.4. The molecule has 1 aliphatic rings. The van der Waals surface area contributed by atoms with Crippen LogP contribution < -0.4 is 15.6 Å². The molecule has 1 amide bonds. The molecule has 7 nitrogen and oxygen atoms in total. The third-order valence-corrected chi connectivity index (χ3v) is 4.49. The van der Waals surface area contributed by atoms with Crippen molar-refractivity contribution in [3.63, 3.8) is 0 Å². The van der Waals surface area contributed by atoms with E-state index >= 15 is 0 Å². The van der Waals surface area contributed by atoms with Crippen LogP contribution in [-0.4, -0.2) is 41.4 Å². The fourth-order valence-corrected chi connectivity index (χ4v) is 3.21. The number of benzene rings is 1. The lowest BCUT2D eigenvalue weighted by Crippen LogP contribution is -2.56. The van der Waals surface area contributed by atoms with Gasteiger partial charge in [-0.2, -0.15) is 0 Å². The van der Waals surface area contributed by atoms with Gasteiger partial charge in [0.25, 0.3) is 5.91 Å². The highest BCUT2D eigenvalue weighted by atomic mass is 16.5. The normalized spacial score (nSPS) is 16.2. The van der Waals surface area contributed by atoms with Gasteiger partial charge in [-0.25, -0.2) is 0 Å². The van der Waals surface area contributed by atoms with E-state index in [4.69, 9.17) is 9.47 Å². The summed E-state index contributed by atoms with van der Waals surface area (Å²) < 4.78 is 12.5. The van der Waals surface area contributed by atoms with Crippen LogP contribution in [-0.2, 0) is 11.3 Å². The molecule has 0 aliphatic carbocycles. The second-order valence-corrected chi connectivity index (χ2v) is 6.73. The first-order valence-electron chi connectivity index (χ1n) is 9.03. The Morgan fingerprint density at radius 1 is 1.15 bits per heavy atom. The molecule has 1 atom stereocenters. The van der Waals surface area contributed by atoms with E-state index in [0.29, 0.717) is 13.0 Å². The molecule has 1 aromatic carbocycles. The average molecular weight is 371 g/mol. The number of carbonyl (C=O) groups excluding carboxylic acids is 1. The summed E-state index contributed by atoms with van der Waals surface area (Å²) in [6.45, 7) is 4.62. The van der Waals surface area contributed by atoms with E-state index in [1.54, 1.807) is 22.9 Å². The molecule has 1 unspecified atom stereocenters. The van der Waals surface area contributed by atoms with Crippen LogP contribution in [0.25, 0.3) is 0 Å². The van der Waals surface area contributed by atoms with Gasteiger partial charge < -0.3 is 19.8 Å². The zero-order chi connectivity index (χ0) is 19.4. The van der Waals surface area contributed by atoms with Gasteiger partial charge >= 0.3 is 0 Å². The van der Waals surface area contributed by atoms with Gasteiger partial charge in [-0.1, -0.05) is 30.3 Å². The number of fused-ring (bicyclic) bond motifs is 1. The topological polar surface area (TPSA) is 72.8 Å². The molecule has 0 fully saturated rings. The van der Waals surface area contributed by atoms with Crippen molar-refractivity contribution in [3.8, 4) is 5.75 Å². The molecular weight excluding hydrogens is 346 g/mol. The first-order valence-corrected chi connectivity index (χ1v) is 9.03. The molecular formula is C20H25N3O4. The van der Waals surface area contributed by atoms with Crippen molar-refractivity contribution < 1.29 is 14.3 Å². The van der Waals surface area contributed by atoms with E-state index in [0.717, 1.165) is 5.56 Å². The quantitative estimate of drug-likeness (QED) is 0.808. The van der Waals surface area contributed by atoms with Crippen LogP contribution in [0.3, 0.4) is 0 Å². The molecule has 2 aromatic rings. The largest absolute Gasteiger partial charge is 0.482 e. The van der Waals surface area contributed by atoms with Crippen molar-refractivity contribution in [1.82, 2.24) is 9.58 Å². The molecule has 27 heavy (non-hydrogen) atoms. The maximum atomic E-state index is 13.2. The smallest absolute Gasteiger partial charge is 0.278 e. The predicted molar refractivity (Wildman–Crippen MR) is 102 cm³/mol. The third-order valence-electron chi connectivity index (χ3n) is 4.49. The molecule has 0 spiro atoms. The number of nitrogens with one attached hydrogen (secondary N) is 1. The van der Waals surface area contributed by atoms with Crippen molar-refractivity contribution in [2.75, 3.05) is 19.1 Å². The van der Waals surface area contributed by atoms with Gasteiger partial charge in [0.05, 0.1) is 0 Å². The standard InChI is InChI=1S/C20H25N3O4/c1-14(2)23-17(10-12-26-3)21-22-11-9-16(24)19(18(22)20(23)25)27-13-15-7-5-4-6-8-15/h4-9,11,14,17,21H,10,12-13H2,1-3H3. The Morgan fingerprint density at radius 3 is 2.56 bits per heavy atom. The summed E-state index contributed by atoms with van der Waals surface area (Å²) in [5.41, 5.74) is 4.12. The number of ether oxygens (including phenoxy) is 2.